The van der Waals surface area contributed by atoms with Gasteiger partial charge in [0.2, 0.25) is 0 Å². The van der Waals surface area contributed by atoms with Crippen LogP contribution in [0.3, 0.4) is 0 Å². The van der Waals surface area contributed by atoms with Crippen molar-refractivity contribution in [1.29, 1.82) is 0 Å². The van der Waals surface area contributed by atoms with Crippen LogP contribution in [0.2, 0.25) is 5.02 Å². The van der Waals surface area contributed by atoms with Crippen LogP contribution in [0.15, 0.2) is 18.2 Å². The molecule has 1 unspecified atom stereocenters. The van der Waals surface area contributed by atoms with E-state index in [1.807, 2.05) is 0 Å². The number of rotatable bonds is 3. The Morgan fingerprint density at radius 2 is 2.38 bits per heavy atom. The van der Waals surface area contributed by atoms with Gasteiger partial charge in [0.25, 0.3) is 5.91 Å². The van der Waals surface area contributed by atoms with Crippen molar-refractivity contribution in [3.63, 3.8) is 0 Å². The summed E-state index contributed by atoms with van der Waals surface area (Å²) in [5, 5.41) is 0.465. The first-order valence-electron chi connectivity index (χ1n) is 6.97. The average Bonchev–Trinajstić information content (AvgIpc) is 2.98. The molecule has 0 radical (unpaired) electrons. The molecule has 1 aromatic rings. The molecule has 1 amide bonds. The molecular weight excluding hydrogens is 288 g/mol. The van der Waals surface area contributed by atoms with Crippen LogP contribution in [-0.2, 0) is 4.74 Å². The van der Waals surface area contributed by atoms with Crippen LogP contribution in [0.4, 0.5) is 0 Å². The molecule has 1 aromatic carbocycles. The quantitative estimate of drug-likeness (QED) is 0.868. The molecule has 1 heterocycles. The molecule has 0 bridgehead atoms. The van der Waals surface area contributed by atoms with E-state index in [-0.39, 0.29) is 18.6 Å². The second kappa shape index (κ2) is 7.46. The standard InChI is InChI=1S/C16H19ClN2O2/c1-19(11-14-5-3-9-21-14)16(20)13-7-6-12(4-2-8-18)15(17)10-13/h6-7,10,14H,3,5,8-9,11,18H2,1H3. The highest BCUT2D eigenvalue weighted by Gasteiger charge is 2.21. The molecule has 112 valence electrons. The van der Waals surface area contributed by atoms with Crippen molar-refractivity contribution < 1.29 is 9.53 Å². The lowest BCUT2D eigenvalue weighted by atomic mass is 10.1. The maximum absolute atomic E-state index is 12.4. The van der Waals surface area contributed by atoms with E-state index < -0.39 is 0 Å². The summed E-state index contributed by atoms with van der Waals surface area (Å²) >= 11 is 6.15. The molecule has 0 spiro atoms. The predicted molar refractivity (Wildman–Crippen MR) is 83.3 cm³/mol. The minimum atomic E-state index is -0.0641. The fraction of sp³-hybridized carbons (Fsp3) is 0.438. The lowest BCUT2D eigenvalue weighted by molar-refractivity contribution is 0.0587. The molecule has 0 saturated carbocycles. The number of halogens is 1. The predicted octanol–water partition coefficient (Wildman–Crippen LogP) is 1.90. The molecule has 0 aliphatic carbocycles. The third-order valence-electron chi connectivity index (χ3n) is 3.39. The van der Waals surface area contributed by atoms with E-state index in [0.29, 0.717) is 22.7 Å². The molecular formula is C16H19ClN2O2. The summed E-state index contributed by atoms with van der Waals surface area (Å²) in [5.41, 5.74) is 6.57. The number of hydrogen-bond donors (Lipinski definition) is 1. The van der Waals surface area contributed by atoms with Gasteiger partial charge in [-0.1, -0.05) is 23.4 Å². The van der Waals surface area contributed by atoms with Gasteiger partial charge in [-0.05, 0) is 31.0 Å². The summed E-state index contributed by atoms with van der Waals surface area (Å²) < 4.78 is 5.55. The second-order valence-electron chi connectivity index (χ2n) is 5.02. The van der Waals surface area contributed by atoms with E-state index in [1.54, 1.807) is 30.1 Å². The van der Waals surface area contributed by atoms with Gasteiger partial charge in [-0.25, -0.2) is 0 Å². The smallest absolute Gasteiger partial charge is 0.253 e. The Morgan fingerprint density at radius 1 is 1.57 bits per heavy atom. The van der Waals surface area contributed by atoms with Crippen molar-refractivity contribution in [1.82, 2.24) is 4.90 Å². The topological polar surface area (TPSA) is 55.6 Å². The van der Waals surface area contributed by atoms with Gasteiger partial charge in [0.05, 0.1) is 17.7 Å². The van der Waals surface area contributed by atoms with Gasteiger partial charge in [0.1, 0.15) is 0 Å². The average molecular weight is 307 g/mol. The van der Waals surface area contributed by atoms with Crippen LogP contribution in [0.25, 0.3) is 0 Å². The van der Waals surface area contributed by atoms with Gasteiger partial charge in [-0.15, -0.1) is 0 Å². The number of carbonyl (C=O) groups excluding carboxylic acids is 1. The summed E-state index contributed by atoms with van der Waals surface area (Å²) in [7, 11) is 1.78. The molecule has 21 heavy (non-hydrogen) atoms. The van der Waals surface area contributed by atoms with E-state index in [9.17, 15) is 4.79 Å². The van der Waals surface area contributed by atoms with Crippen LogP contribution < -0.4 is 5.73 Å². The molecule has 5 heteroatoms. The number of carbonyl (C=O) groups is 1. The Morgan fingerprint density at radius 3 is 3.00 bits per heavy atom. The van der Waals surface area contributed by atoms with Crippen molar-refractivity contribution in [2.75, 3.05) is 26.7 Å². The minimum Gasteiger partial charge on any atom is -0.376 e. The second-order valence-corrected chi connectivity index (χ2v) is 5.43. The summed E-state index contributed by atoms with van der Waals surface area (Å²) in [6.45, 7) is 1.67. The Kier molecular flexibility index (Phi) is 5.63. The van der Waals surface area contributed by atoms with Crippen molar-refractivity contribution in [2.45, 2.75) is 18.9 Å². The fourth-order valence-electron chi connectivity index (χ4n) is 2.29. The van der Waals surface area contributed by atoms with Crippen molar-refractivity contribution in [2.24, 2.45) is 5.73 Å². The van der Waals surface area contributed by atoms with Gasteiger partial charge in [-0.2, -0.15) is 0 Å². The summed E-state index contributed by atoms with van der Waals surface area (Å²) in [5.74, 6) is 5.56. The first-order chi connectivity index (χ1) is 10.1. The van der Waals surface area contributed by atoms with E-state index >= 15 is 0 Å². The van der Waals surface area contributed by atoms with Gasteiger partial charge >= 0.3 is 0 Å². The zero-order valence-electron chi connectivity index (χ0n) is 12.1. The number of likely N-dealkylation sites (N-methyl/N-ethyl adjacent to an activating group) is 1. The summed E-state index contributed by atoms with van der Waals surface area (Å²) in [6.07, 6.45) is 2.21. The summed E-state index contributed by atoms with van der Waals surface area (Å²) in [4.78, 5) is 14.0. The Hall–Kier alpha value is -1.54. The number of amides is 1. The van der Waals surface area contributed by atoms with Crippen LogP contribution in [0, 0.1) is 11.8 Å². The van der Waals surface area contributed by atoms with Crippen molar-refractivity contribution in [3.05, 3.63) is 34.3 Å². The van der Waals surface area contributed by atoms with E-state index in [0.717, 1.165) is 19.4 Å². The van der Waals surface area contributed by atoms with E-state index in [2.05, 4.69) is 11.8 Å². The fourth-order valence-corrected chi connectivity index (χ4v) is 2.52. The number of hydrogen-bond acceptors (Lipinski definition) is 3. The molecule has 2 N–H and O–H groups in total. The van der Waals surface area contributed by atoms with Gasteiger partial charge in [-0.3, -0.25) is 4.79 Å². The number of benzene rings is 1. The first kappa shape index (κ1) is 15.8. The van der Waals surface area contributed by atoms with E-state index in [1.165, 1.54) is 0 Å². The Balaban J connectivity index is 2.06. The number of nitrogens with zero attached hydrogens (tertiary/aromatic N) is 1. The Labute approximate surface area is 130 Å². The Bertz CT molecular complexity index is 571. The van der Waals surface area contributed by atoms with Crippen LogP contribution >= 0.6 is 11.6 Å². The van der Waals surface area contributed by atoms with E-state index in [4.69, 9.17) is 22.1 Å². The summed E-state index contributed by atoms with van der Waals surface area (Å²) in [6, 6.07) is 5.13. The molecule has 1 fully saturated rings. The zero-order chi connectivity index (χ0) is 15.2. The maximum Gasteiger partial charge on any atom is 0.253 e. The maximum atomic E-state index is 12.4. The molecule has 1 aliphatic heterocycles. The van der Waals surface area contributed by atoms with Gasteiger partial charge in [0.15, 0.2) is 0 Å². The van der Waals surface area contributed by atoms with Crippen LogP contribution in [0.1, 0.15) is 28.8 Å². The monoisotopic (exact) mass is 306 g/mol. The highest BCUT2D eigenvalue weighted by atomic mass is 35.5. The SMILES string of the molecule is CN(CC1CCCO1)C(=O)c1ccc(C#CCN)c(Cl)c1. The molecule has 2 rings (SSSR count). The minimum absolute atomic E-state index is 0.0641. The highest BCUT2D eigenvalue weighted by molar-refractivity contribution is 6.32. The molecule has 4 nitrogen and oxygen atoms in total. The molecule has 1 saturated heterocycles. The first-order valence-corrected chi connectivity index (χ1v) is 7.35. The number of ether oxygens (including phenoxy) is 1. The lowest BCUT2D eigenvalue weighted by Gasteiger charge is -2.21. The third kappa shape index (κ3) is 4.21. The van der Waals surface area contributed by atoms with Crippen LogP contribution in [-0.4, -0.2) is 43.7 Å². The molecule has 1 atom stereocenters. The van der Waals surface area contributed by atoms with Gasteiger partial charge in [0, 0.05) is 31.3 Å². The van der Waals surface area contributed by atoms with Crippen LogP contribution in [0.5, 0.6) is 0 Å². The number of nitrogens with two attached hydrogens (primary N) is 1. The largest absolute Gasteiger partial charge is 0.376 e. The third-order valence-corrected chi connectivity index (χ3v) is 3.70. The zero-order valence-corrected chi connectivity index (χ0v) is 12.8. The van der Waals surface area contributed by atoms with Gasteiger partial charge < -0.3 is 15.4 Å². The molecule has 0 aromatic heterocycles. The lowest BCUT2D eigenvalue weighted by Crippen LogP contribution is -2.34. The van der Waals surface area contributed by atoms with Crippen molar-refractivity contribution in [3.8, 4) is 11.8 Å². The normalized spacial score (nSPS) is 17.2. The van der Waals surface area contributed by atoms with Crippen molar-refractivity contribution >= 4 is 17.5 Å². The molecule has 1 aliphatic rings. The highest BCUT2D eigenvalue weighted by Crippen LogP contribution is 2.19.